The summed E-state index contributed by atoms with van der Waals surface area (Å²) in [7, 11) is 1.60. The van der Waals surface area contributed by atoms with Crippen LogP contribution < -0.4 is 4.74 Å². The van der Waals surface area contributed by atoms with Gasteiger partial charge >= 0.3 is 0 Å². The van der Waals surface area contributed by atoms with Crippen LogP contribution in [0.5, 0.6) is 5.75 Å². The summed E-state index contributed by atoms with van der Waals surface area (Å²) in [5.41, 5.74) is 4.31. The highest BCUT2D eigenvalue weighted by Crippen LogP contribution is 2.38. The number of hydrogen-bond acceptors (Lipinski definition) is 4. The Kier molecular flexibility index (Phi) is 5.76. The Bertz CT molecular complexity index is 1500. The minimum Gasteiger partial charge on any atom is -0.495 e. The molecule has 35 heavy (non-hydrogen) atoms. The number of aryl methyl sites for hydroxylation is 1. The maximum atomic E-state index is 14.2. The minimum atomic E-state index is -0.597. The fraction of sp³-hybridized carbons (Fsp3) is 0.192. The van der Waals surface area contributed by atoms with E-state index < -0.39 is 17.7 Å². The number of fused-ring (bicyclic) bond motifs is 1. The number of aromatic nitrogens is 5. The molecule has 0 saturated carbocycles. The lowest BCUT2D eigenvalue weighted by molar-refractivity contribution is 0.413. The molecule has 0 bridgehead atoms. The Morgan fingerprint density at radius 3 is 2.40 bits per heavy atom. The Morgan fingerprint density at radius 2 is 1.74 bits per heavy atom. The highest BCUT2D eigenvalue weighted by molar-refractivity contribution is 6.30. The Hall–Kier alpha value is -3.78. The fourth-order valence-corrected chi connectivity index (χ4v) is 4.38. The molecule has 0 N–H and O–H groups in total. The van der Waals surface area contributed by atoms with E-state index >= 15 is 0 Å². The predicted octanol–water partition coefficient (Wildman–Crippen LogP) is 6.40. The monoisotopic (exact) mass is 493 g/mol. The van der Waals surface area contributed by atoms with E-state index in [-0.39, 0.29) is 5.56 Å². The van der Waals surface area contributed by atoms with Crippen LogP contribution in [0.15, 0.2) is 55.1 Å². The number of imidazole rings is 1. The molecule has 5 rings (SSSR count). The SMILES string of the molecule is COc1cc(-c2nnc3n(C(C)c4cc(F)c(C)c(F)c4)cc(Cl)cc2-3)ccc1-n1cnc(C)c1. The largest absolute Gasteiger partial charge is 0.495 e. The normalized spacial score (nSPS) is 12.3. The van der Waals surface area contributed by atoms with Gasteiger partial charge in [0.15, 0.2) is 5.82 Å². The second-order valence-electron chi connectivity index (χ2n) is 8.45. The summed E-state index contributed by atoms with van der Waals surface area (Å²) in [6.45, 7) is 5.16. The molecule has 0 saturated heterocycles. The van der Waals surface area contributed by atoms with E-state index in [0.29, 0.717) is 33.4 Å². The van der Waals surface area contributed by atoms with E-state index in [1.54, 1.807) is 30.3 Å². The van der Waals surface area contributed by atoms with E-state index in [9.17, 15) is 8.78 Å². The summed E-state index contributed by atoms with van der Waals surface area (Å²) >= 11 is 6.47. The lowest BCUT2D eigenvalue weighted by Crippen LogP contribution is -2.12. The lowest BCUT2D eigenvalue weighted by Gasteiger charge is -2.21. The number of hydrogen-bond donors (Lipinski definition) is 0. The Balaban J connectivity index is 1.57. The molecule has 0 amide bonds. The molecule has 0 spiro atoms. The maximum absolute atomic E-state index is 14.2. The van der Waals surface area contributed by atoms with Gasteiger partial charge in [0.05, 0.1) is 35.9 Å². The van der Waals surface area contributed by atoms with Gasteiger partial charge in [0.2, 0.25) is 0 Å². The summed E-state index contributed by atoms with van der Waals surface area (Å²) in [6, 6.07) is 9.75. The van der Waals surface area contributed by atoms with Crippen molar-refractivity contribution in [3.63, 3.8) is 0 Å². The van der Waals surface area contributed by atoms with Crippen molar-refractivity contribution < 1.29 is 13.5 Å². The van der Waals surface area contributed by atoms with Crippen LogP contribution in [-0.4, -0.2) is 31.4 Å². The van der Waals surface area contributed by atoms with Crippen LogP contribution in [0.3, 0.4) is 0 Å². The molecule has 0 fully saturated rings. The number of pyridine rings is 1. The van der Waals surface area contributed by atoms with Gasteiger partial charge in [0.1, 0.15) is 23.1 Å². The van der Waals surface area contributed by atoms with Crippen LogP contribution >= 0.6 is 11.6 Å². The zero-order chi connectivity index (χ0) is 24.9. The van der Waals surface area contributed by atoms with Crippen molar-refractivity contribution in [1.29, 1.82) is 0 Å². The third-order valence-electron chi connectivity index (χ3n) is 6.18. The quantitative estimate of drug-likeness (QED) is 0.284. The van der Waals surface area contributed by atoms with Crippen molar-refractivity contribution in [2.24, 2.45) is 0 Å². The van der Waals surface area contributed by atoms with E-state index in [1.807, 2.05) is 42.8 Å². The first-order valence-corrected chi connectivity index (χ1v) is 11.3. The second-order valence-corrected chi connectivity index (χ2v) is 8.88. The van der Waals surface area contributed by atoms with E-state index in [1.165, 1.54) is 19.1 Å². The van der Waals surface area contributed by atoms with Gasteiger partial charge < -0.3 is 13.9 Å². The standard InChI is InChI=1S/C26H22ClF2N5O/c1-14-11-33(13-30-14)23-6-5-17(9-24(23)35-4)25-20-10-19(27)12-34(26(20)32-31-25)16(3)18-7-21(28)15(2)22(29)8-18/h5-13,16H,1-4H3. The van der Waals surface area contributed by atoms with Crippen LogP contribution in [0.25, 0.3) is 28.3 Å². The third kappa shape index (κ3) is 4.04. The fourth-order valence-electron chi connectivity index (χ4n) is 4.17. The Labute approximate surface area is 206 Å². The smallest absolute Gasteiger partial charge is 0.165 e. The van der Waals surface area contributed by atoms with Gasteiger partial charge in [-0.15, -0.1) is 10.2 Å². The second kappa shape index (κ2) is 8.78. The summed E-state index contributed by atoms with van der Waals surface area (Å²) < 4.78 is 37.8. The molecule has 2 aromatic carbocycles. The zero-order valence-electron chi connectivity index (χ0n) is 19.6. The summed E-state index contributed by atoms with van der Waals surface area (Å²) in [5, 5.41) is 9.27. The van der Waals surface area contributed by atoms with Gasteiger partial charge in [-0.3, -0.25) is 0 Å². The molecule has 2 aliphatic rings. The predicted molar refractivity (Wildman–Crippen MR) is 130 cm³/mol. The molecule has 178 valence electrons. The first kappa shape index (κ1) is 23.0. The van der Waals surface area contributed by atoms with Crippen molar-refractivity contribution in [1.82, 2.24) is 24.3 Å². The number of halogens is 3. The van der Waals surface area contributed by atoms with Gasteiger partial charge in [-0.2, -0.15) is 0 Å². The number of ether oxygens (including phenoxy) is 1. The number of nitrogens with zero attached hydrogens (tertiary/aromatic N) is 5. The van der Waals surface area contributed by atoms with E-state index in [4.69, 9.17) is 16.3 Å². The topological polar surface area (TPSA) is 57.8 Å². The van der Waals surface area contributed by atoms with Crippen molar-refractivity contribution >= 4 is 11.6 Å². The molecular formula is C26H22ClF2N5O. The molecular weight excluding hydrogens is 472 g/mol. The van der Waals surface area contributed by atoms with Crippen LogP contribution in [-0.2, 0) is 0 Å². The molecule has 1 aromatic heterocycles. The summed E-state index contributed by atoms with van der Waals surface area (Å²) in [6.07, 6.45) is 5.33. The van der Waals surface area contributed by atoms with Gasteiger partial charge in [-0.1, -0.05) is 17.7 Å². The highest BCUT2D eigenvalue weighted by atomic mass is 35.5. The molecule has 3 aromatic rings. The molecule has 0 radical (unpaired) electrons. The molecule has 3 heterocycles. The van der Waals surface area contributed by atoms with Crippen molar-refractivity contribution in [3.05, 3.63) is 88.6 Å². The number of benzene rings is 2. The number of rotatable bonds is 5. The maximum Gasteiger partial charge on any atom is 0.165 e. The molecule has 0 aliphatic carbocycles. The van der Waals surface area contributed by atoms with Crippen molar-refractivity contribution in [2.75, 3.05) is 7.11 Å². The van der Waals surface area contributed by atoms with Gasteiger partial charge in [-0.25, -0.2) is 13.8 Å². The summed E-state index contributed by atoms with van der Waals surface area (Å²) in [4.78, 5) is 4.28. The van der Waals surface area contributed by atoms with Gasteiger partial charge in [0.25, 0.3) is 0 Å². The molecule has 1 atom stereocenters. The number of methoxy groups -OCH3 is 1. The van der Waals surface area contributed by atoms with E-state index in [2.05, 4.69) is 15.2 Å². The van der Waals surface area contributed by atoms with Crippen LogP contribution in [0, 0.1) is 25.5 Å². The van der Waals surface area contributed by atoms with Crippen molar-refractivity contribution in [3.8, 4) is 34.1 Å². The molecule has 9 heteroatoms. The van der Waals surface area contributed by atoms with Crippen LogP contribution in [0.4, 0.5) is 8.78 Å². The molecule has 1 unspecified atom stereocenters. The Morgan fingerprint density at radius 1 is 1.00 bits per heavy atom. The minimum absolute atomic E-state index is 0.0131. The lowest BCUT2D eigenvalue weighted by atomic mass is 10.0. The highest BCUT2D eigenvalue weighted by Gasteiger charge is 2.24. The van der Waals surface area contributed by atoms with Crippen LogP contribution in [0.2, 0.25) is 5.02 Å². The summed E-state index contributed by atoms with van der Waals surface area (Å²) in [5.74, 6) is -0.00274. The van der Waals surface area contributed by atoms with E-state index in [0.717, 1.165) is 16.9 Å². The average molecular weight is 494 g/mol. The molecule has 2 aliphatic heterocycles. The third-order valence-corrected chi connectivity index (χ3v) is 6.38. The van der Waals surface area contributed by atoms with Crippen molar-refractivity contribution in [2.45, 2.75) is 26.8 Å². The van der Waals surface area contributed by atoms with Gasteiger partial charge in [-0.05, 0) is 56.7 Å². The zero-order valence-corrected chi connectivity index (χ0v) is 20.3. The average Bonchev–Trinajstić information content (AvgIpc) is 3.47. The molecule has 6 nitrogen and oxygen atoms in total. The van der Waals surface area contributed by atoms with Crippen LogP contribution in [0.1, 0.15) is 29.8 Å². The first-order valence-electron chi connectivity index (χ1n) is 11.0. The van der Waals surface area contributed by atoms with Gasteiger partial charge in [0, 0.05) is 29.1 Å². The first-order chi connectivity index (χ1) is 16.8.